The first-order valence-electron chi connectivity index (χ1n) is 4.58. The lowest BCUT2D eigenvalue weighted by molar-refractivity contribution is -0.137. The van der Waals surface area contributed by atoms with Crippen LogP contribution in [-0.2, 0) is 4.79 Å². The van der Waals surface area contributed by atoms with Crippen LogP contribution in [-0.4, -0.2) is 22.6 Å². The van der Waals surface area contributed by atoms with Crippen molar-refractivity contribution in [2.45, 2.75) is 44.7 Å². The molecule has 0 heterocycles. The average molecular weight is 255 g/mol. The average Bonchev–Trinajstić information content (AvgIpc) is 2.10. The van der Waals surface area contributed by atoms with E-state index in [1.54, 1.807) is 0 Å². The standard InChI is InChI=1S/C9H16BrFO2/c10-7-8(11)5-3-1-2-4-6-9(12)13/h8H,1-7H2,(H,12,13). The van der Waals surface area contributed by atoms with Crippen LogP contribution in [0.2, 0.25) is 0 Å². The van der Waals surface area contributed by atoms with Gasteiger partial charge in [-0.05, 0) is 12.8 Å². The number of rotatable bonds is 8. The summed E-state index contributed by atoms with van der Waals surface area (Å²) in [5, 5.41) is 8.73. The molecule has 1 N–H and O–H groups in total. The largest absolute Gasteiger partial charge is 0.481 e. The predicted octanol–water partition coefficient (Wildman–Crippen LogP) is 3.14. The summed E-state index contributed by atoms with van der Waals surface area (Å²) in [7, 11) is 0. The molecule has 0 amide bonds. The lowest BCUT2D eigenvalue weighted by atomic mass is 10.1. The molecule has 0 spiro atoms. The first-order valence-corrected chi connectivity index (χ1v) is 5.70. The molecule has 0 aromatic carbocycles. The number of hydrogen-bond acceptors (Lipinski definition) is 1. The van der Waals surface area contributed by atoms with Gasteiger partial charge in [0, 0.05) is 11.8 Å². The summed E-state index contributed by atoms with van der Waals surface area (Å²) in [5.74, 6) is -0.746. The lowest BCUT2D eigenvalue weighted by Gasteiger charge is -2.02. The minimum absolute atomic E-state index is 0.234. The molecule has 0 saturated heterocycles. The molecule has 0 aliphatic rings. The summed E-state index contributed by atoms with van der Waals surface area (Å²) in [4.78, 5) is 10.1. The predicted molar refractivity (Wildman–Crippen MR) is 54.0 cm³/mol. The third kappa shape index (κ3) is 9.80. The second-order valence-corrected chi connectivity index (χ2v) is 3.75. The van der Waals surface area contributed by atoms with Crippen LogP contribution in [0.15, 0.2) is 0 Å². The van der Waals surface area contributed by atoms with Gasteiger partial charge in [0.2, 0.25) is 0 Å². The zero-order chi connectivity index (χ0) is 10.1. The van der Waals surface area contributed by atoms with E-state index in [1.807, 2.05) is 0 Å². The van der Waals surface area contributed by atoms with E-state index in [4.69, 9.17) is 5.11 Å². The van der Waals surface area contributed by atoms with E-state index >= 15 is 0 Å². The number of aliphatic carboxylic acids is 1. The topological polar surface area (TPSA) is 37.3 Å². The summed E-state index contributed by atoms with van der Waals surface area (Å²) in [6, 6.07) is 0. The molecule has 78 valence electrons. The van der Waals surface area contributed by atoms with Crippen molar-refractivity contribution >= 4 is 21.9 Å². The molecule has 0 aromatic heterocycles. The molecule has 13 heavy (non-hydrogen) atoms. The lowest BCUT2D eigenvalue weighted by Crippen LogP contribution is -2.00. The Morgan fingerprint density at radius 3 is 2.46 bits per heavy atom. The smallest absolute Gasteiger partial charge is 0.303 e. The van der Waals surface area contributed by atoms with Crippen LogP contribution in [0.1, 0.15) is 38.5 Å². The van der Waals surface area contributed by atoms with E-state index in [0.29, 0.717) is 18.2 Å². The van der Waals surface area contributed by atoms with Gasteiger partial charge in [-0.3, -0.25) is 4.79 Å². The molecule has 0 rings (SSSR count). The maximum absolute atomic E-state index is 12.6. The van der Waals surface area contributed by atoms with Gasteiger partial charge in [0.15, 0.2) is 0 Å². The van der Waals surface area contributed by atoms with Crippen LogP contribution in [0.3, 0.4) is 0 Å². The second-order valence-electron chi connectivity index (χ2n) is 3.10. The fourth-order valence-corrected chi connectivity index (χ4v) is 1.40. The molecule has 2 nitrogen and oxygen atoms in total. The fourth-order valence-electron chi connectivity index (χ4n) is 1.07. The molecule has 0 saturated carbocycles. The van der Waals surface area contributed by atoms with Gasteiger partial charge < -0.3 is 5.11 Å². The van der Waals surface area contributed by atoms with Crippen molar-refractivity contribution in [1.29, 1.82) is 0 Å². The molecule has 1 atom stereocenters. The van der Waals surface area contributed by atoms with Crippen LogP contribution < -0.4 is 0 Å². The third-order valence-electron chi connectivity index (χ3n) is 1.83. The molecule has 0 bridgehead atoms. The van der Waals surface area contributed by atoms with Gasteiger partial charge in [-0.1, -0.05) is 35.2 Å². The maximum atomic E-state index is 12.6. The number of halogens is 2. The SMILES string of the molecule is O=C(O)CCCCCCC(F)CBr. The van der Waals surface area contributed by atoms with Crippen molar-refractivity contribution in [1.82, 2.24) is 0 Å². The zero-order valence-corrected chi connectivity index (χ0v) is 9.22. The van der Waals surface area contributed by atoms with E-state index in [0.717, 1.165) is 19.3 Å². The molecular formula is C9H16BrFO2. The number of carboxylic acid groups (broad SMARTS) is 1. The van der Waals surface area contributed by atoms with Crippen molar-refractivity contribution in [3.63, 3.8) is 0 Å². The van der Waals surface area contributed by atoms with E-state index < -0.39 is 12.1 Å². The molecular weight excluding hydrogens is 239 g/mol. The van der Waals surface area contributed by atoms with Gasteiger partial charge in [-0.25, -0.2) is 4.39 Å². The monoisotopic (exact) mass is 254 g/mol. The second kappa shape index (κ2) is 8.48. The summed E-state index contributed by atoms with van der Waals surface area (Å²) in [6.07, 6.45) is 3.45. The Balaban J connectivity index is 3.04. The molecule has 0 radical (unpaired) electrons. The van der Waals surface area contributed by atoms with Gasteiger partial charge in [0.25, 0.3) is 0 Å². The zero-order valence-electron chi connectivity index (χ0n) is 7.64. The highest BCUT2D eigenvalue weighted by Gasteiger charge is 2.03. The van der Waals surface area contributed by atoms with Gasteiger partial charge >= 0.3 is 5.97 Å². The van der Waals surface area contributed by atoms with E-state index in [-0.39, 0.29) is 6.42 Å². The molecule has 0 aliphatic heterocycles. The Morgan fingerprint density at radius 1 is 1.31 bits per heavy atom. The van der Waals surface area contributed by atoms with Crippen molar-refractivity contribution in [3.8, 4) is 0 Å². The normalized spacial score (nSPS) is 12.8. The number of alkyl halides is 2. The maximum Gasteiger partial charge on any atom is 0.303 e. The van der Waals surface area contributed by atoms with E-state index in [1.165, 1.54) is 0 Å². The summed E-state index contributed by atoms with van der Waals surface area (Å²) in [5.41, 5.74) is 0. The van der Waals surface area contributed by atoms with E-state index in [9.17, 15) is 9.18 Å². The first-order chi connectivity index (χ1) is 6.16. The molecule has 4 heteroatoms. The highest BCUT2D eigenvalue weighted by molar-refractivity contribution is 9.09. The van der Waals surface area contributed by atoms with Crippen LogP contribution in [0.4, 0.5) is 4.39 Å². The molecule has 0 aromatic rings. The van der Waals surface area contributed by atoms with Gasteiger partial charge in [0.1, 0.15) is 6.17 Å². The summed E-state index contributed by atoms with van der Waals surface area (Å²) >= 11 is 3.06. The van der Waals surface area contributed by atoms with Crippen LogP contribution in [0, 0.1) is 0 Å². The first kappa shape index (κ1) is 12.9. The van der Waals surface area contributed by atoms with Crippen molar-refractivity contribution < 1.29 is 14.3 Å². The summed E-state index contributed by atoms with van der Waals surface area (Å²) < 4.78 is 12.6. The Hall–Kier alpha value is -0.120. The Kier molecular flexibility index (Phi) is 8.40. The minimum atomic E-state index is -0.750. The van der Waals surface area contributed by atoms with Gasteiger partial charge in [-0.2, -0.15) is 0 Å². The van der Waals surface area contributed by atoms with Crippen LogP contribution in [0.25, 0.3) is 0 Å². The Morgan fingerprint density at radius 2 is 1.92 bits per heavy atom. The fraction of sp³-hybridized carbons (Fsp3) is 0.889. The number of unbranched alkanes of at least 4 members (excludes halogenated alkanes) is 3. The Labute approximate surface area is 86.6 Å². The van der Waals surface area contributed by atoms with Gasteiger partial charge in [0.05, 0.1) is 0 Å². The van der Waals surface area contributed by atoms with Gasteiger partial charge in [-0.15, -0.1) is 0 Å². The molecule has 0 fully saturated rings. The molecule has 1 unspecified atom stereocenters. The highest BCUT2D eigenvalue weighted by atomic mass is 79.9. The van der Waals surface area contributed by atoms with Crippen LogP contribution in [0.5, 0.6) is 0 Å². The minimum Gasteiger partial charge on any atom is -0.481 e. The number of carboxylic acids is 1. The summed E-state index contributed by atoms with van der Waals surface area (Å²) in [6.45, 7) is 0. The Bertz CT molecular complexity index is 142. The third-order valence-corrected chi connectivity index (χ3v) is 2.53. The van der Waals surface area contributed by atoms with E-state index in [2.05, 4.69) is 15.9 Å². The highest BCUT2D eigenvalue weighted by Crippen LogP contribution is 2.10. The van der Waals surface area contributed by atoms with Crippen LogP contribution >= 0.6 is 15.9 Å². The van der Waals surface area contributed by atoms with Crippen molar-refractivity contribution in [2.24, 2.45) is 0 Å². The number of carbonyl (C=O) groups is 1. The quantitative estimate of drug-likeness (QED) is 0.534. The van der Waals surface area contributed by atoms with Crippen molar-refractivity contribution in [3.05, 3.63) is 0 Å². The van der Waals surface area contributed by atoms with Crippen molar-refractivity contribution in [2.75, 3.05) is 5.33 Å². The number of hydrogen-bond donors (Lipinski definition) is 1. The molecule has 0 aliphatic carbocycles.